The average Bonchev–Trinajstić information content (AvgIpc) is 2.51. The van der Waals surface area contributed by atoms with E-state index < -0.39 is 0 Å². The van der Waals surface area contributed by atoms with Crippen LogP contribution >= 0.6 is 0 Å². The fourth-order valence-electron chi connectivity index (χ4n) is 2.24. The zero-order valence-corrected chi connectivity index (χ0v) is 13.9. The topological polar surface area (TPSA) is 33.7 Å². The number of benzene rings is 1. The Morgan fingerprint density at radius 1 is 1.05 bits per heavy atom. The van der Waals surface area contributed by atoms with Gasteiger partial charge >= 0.3 is 0 Å². The highest BCUT2D eigenvalue weighted by molar-refractivity contribution is 5.39. The first-order chi connectivity index (χ1) is 10.2. The zero-order chi connectivity index (χ0) is 15.5. The van der Waals surface area contributed by atoms with Crippen LogP contribution < -0.4 is 14.8 Å². The van der Waals surface area contributed by atoms with Crippen LogP contribution in [0.15, 0.2) is 24.3 Å². The number of hydrogen-bond acceptors (Lipinski definition) is 4. The molecule has 0 aliphatic rings. The van der Waals surface area contributed by atoms with E-state index in [1.807, 2.05) is 31.2 Å². The number of nitrogens with one attached hydrogen (secondary N) is 1. The van der Waals surface area contributed by atoms with Crippen LogP contribution in [0.4, 0.5) is 0 Å². The fourth-order valence-corrected chi connectivity index (χ4v) is 2.24. The predicted octanol–water partition coefficient (Wildman–Crippen LogP) is 2.78. The van der Waals surface area contributed by atoms with Crippen molar-refractivity contribution in [1.29, 1.82) is 0 Å². The smallest absolute Gasteiger partial charge is 0.161 e. The minimum atomic E-state index is 0.468. The third-order valence-corrected chi connectivity index (χ3v) is 3.43. The average molecular weight is 294 g/mol. The van der Waals surface area contributed by atoms with E-state index in [1.165, 1.54) is 0 Å². The first-order valence-corrected chi connectivity index (χ1v) is 8.01. The highest BCUT2D eigenvalue weighted by Gasteiger charge is 2.07. The molecule has 120 valence electrons. The molecule has 1 unspecified atom stereocenters. The van der Waals surface area contributed by atoms with Crippen LogP contribution in [0.3, 0.4) is 0 Å². The van der Waals surface area contributed by atoms with Crippen molar-refractivity contribution in [2.45, 2.75) is 33.7 Å². The molecule has 1 aromatic carbocycles. The van der Waals surface area contributed by atoms with Gasteiger partial charge in [0.1, 0.15) is 6.61 Å². The van der Waals surface area contributed by atoms with Gasteiger partial charge in [0.15, 0.2) is 11.5 Å². The summed E-state index contributed by atoms with van der Waals surface area (Å²) in [5.74, 6) is 1.63. The third kappa shape index (κ3) is 6.82. The summed E-state index contributed by atoms with van der Waals surface area (Å²) in [4.78, 5) is 2.42. The molecule has 0 fully saturated rings. The van der Waals surface area contributed by atoms with E-state index in [0.29, 0.717) is 19.3 Å². The molecule has 0 aliphatic heterocycles. The Balaban J connectivity index is 2.27. The van der Waals surface area contributed by atoms with Crippen LogP contribution in [0.2, 0.25) is 0 Å². The number of para-hydroxylation sites is 2. The van der Waals surface area contributed by atoms with Gasteiger partial charge in [0, 0.05) is 19.1 Å². The van der Waals surface area contributed by atoms with Crippen LogP contribution in [-0.4, -0.2) is 50.3 Å². The lowest BCUT2D eigenvalue weighted by Gasteiger charge is -2.23. The molecule has 4 heteroatoms. The molecule has 0 aliphatic carbocycles. The van der Waals surface area contributed by atoms with Crippen LogP contribution in [0.25, 0.3) is 0 Å². The van der Waals surface area contributed by atoms with E-state index in [-0.39, 0.29) is 0 Å². The molecular weight excluding hydrogens is 264 g/mol. The van der Waals surface area contributed by atoms with Gasteiger partial charge in [0.2, 0.25) is 0 Å². The molecule has 0 radical (unpaired) electrons. The van der Waals surface area contributed by atoms with E-state index in [9.17, 15) is 0 Å². The van der Waals surface area contributed by atoms with Gasteiger partial charge in [-0.05, 0) is 39.1 Å². The molecule has 1 atom stereocenters. The lowest BCUT2D eigenvalue weighted by atomic mass is 10.3. The summed E-state index contributed by atoms with van der Waals surface area (Å²) in [5, 5.41) is 3.50. The summed E-state index contributed by atoms with van der Waals surface area (Å²) in [6.45, 7) is 14.0. The Morgan fingerprint density at radius 2 is 1.67 bits per heavy atom. The van der Waals surface area contributed by atoms with Crippen molar-refractivity contribution < 1.29 is 9.47 Å². The SMILES string of the molecule is CCOc1ccccc1OCCNC(C)CN(CC)CC. The molecule has 1 N–H and O–H groups in total. The van der Waals surface area contributed by atoms with Gasteiger partial charge in [-0.15, -0.1) is 0 Å². The van der Waals surface area contributed by atoms with Crippen molar-refractivity contribution in [3.8, 4) is 11.5 Å². The van der Waals surface area contributed by atoms with Crippen molar-refractivity contribution in [3.05, 3.63) is 24.3 Å². The summed E-state index contributed by atoms with van der Waals surface area (Å²) in [6.07, 6.45) is 0. The molecule has 1 rings (SSSR count). The zero-order valence-electron chi connectivity index (χ0n) is 13.9. The van der Waals surface area contributed by atoms with Crippen molar-refractivity contribution in [3.63, 3.8) is 0 Å². The van der Waals surface area contributed by atoms with Crippen LogP contribution in [0.5, 0.6) is 11.5 Å². The van der Waals surface area contributed by atoms with Gasteiger partial charge in [0.25, 0.3) is 0 Å². The summed E-state index contributed by atoms with van der Waals surface area (Å²) in [5.41, 5.74) is 0. The number of likely N-dealkylation sites (N-methyl/N-ethyl adjacent to an activating group) is 1. The molecule has 0 amide bonds. The number of nitrogens with zero attached hydrogens (tertiary/aromatic N) is 1. The highest BCUT2D eigenvalue weighted by Crippen LogP contribution is 2.25. The van der Waals surface area contributed by atoms with Crippen LogP contribution in [0, 0.1) is 0 Å². The molecule has 0 heterocycles. The molecule has 1 aromatic rings. The number of rotatable bonds is 11. The molecule has 0 saturated heterocycles. The Hall–Kier alpha value is -1.26. The van der Waals surface area contributed by atoms with Crippen LogP contribution in [-0.2, 0) is 0 Å². The predicted molar refractivity (Wildman–Crippen MR) is 88.4 cm³/mol. The van der Waals surface area contributed by atoms with Crippen LogP contribution in [0.1, 0.15) is 27.7 Å². The second-order valence-electron chi connectivity index (χ2n) is 5.07. The molecule has 21 heavy (non-hydrogen) atoms. The molecule has 0 aromatic heterocycles. The quantitative estimate of drug-likeness (QED) is 0.636. The van der Waals surface area contributed by atoms with Crippen molar-refractivity contribution >= 4 is 0 Å². The number of ether oxygens (including phenoxy) is 2. The molecule has 0 bridgehead atoms. The van der Waals surface area contributed by atoms with Crippen molar-refractivity contribution in [2.75, 3.05) is 39.4 Å². The first kappa shape index (κ1) is 17.8. The largest absolute Gasteiger partial charge is 0.490 e. The summed E-state index contributed by atoms with van der Waals surface area (Å²) >= 11 is 0. The summed E-state index contributed by atoms with van der Waals surface area (Å²) in [6, 6.07) is 8.28. The van der Waals surface area contributed by atoms with E-state index in [0.717, 1.165) is 37.7 Å². The minimum absolute atomic E-state index is 0.468. The molecular formula is C17H30N2O2. The number of hydrogen-bond donors (Lipinski definition) is 1. The standard InChI is InChI=1S/C17H30N2O2/c1-5-19(6-2)14-15(4)18-12-13-21-17-11-9-8-10-16(17)20-7-3/h8-11,15,18H,5-7,12-14H2,1-4H3. The van der Waals surface area contributed by atoms with Gasteiger partial charge < -0.3 is 19.7 Å². The Morgan fingerprint density at radius 3 is 2.24 bits per heavy atom. The van der Waals surface area contributed by atoms with E-state index in [2.05, 4.69) is 31.0 Å². The summed E-state index contributed by atoms with van der Waals surface area (Å²) in [7, 11) is 0. The van der Waals surface area contributed by atoms with E-state index in [4.69, 9.17) is 9.47 Å². The lowest BCUT2D eigenvalue weighted by molar-refractivity contribution is 0.249. The normalized spacial score (nSPS) is 12.4. The molecule has 0 saturated carbocycles. The van der Waals surface area contributed by atoms with E-state index >= 15 is 0 Å². The van der Waals surface area contributed by atoms with Gasteiger partial charge in [-0.1, -0.05) is 26.0 Å². The Bertz CT molecular complexity index is 381. The maximum Gasteiger partial charge on any atom is 0.161 e. The summed E-state index contributed by atoms with van der Waals surface area (Å²) < 4.78 is 11.3. The van der Waals surface area contributed by atoms with Gasteiger partial charge in [0.05, 0.1) is 6.61 Å². The van der Waals surface area contributed by atoms with Gasteiger partial charge in [-0.25, -0.2) is 0 Å². The second kappa shape index (κ2) is 10.5. The van der Waals surface area contributed by atoms with E-state index in [1.54, 1.807) is 0 Å². The molecule has 4 nitrogen and oxygen atoms in total. The maximum absolute atomic E-state index is 5.80. The monoisotopic (exact) mass is 294 g/mol. The van der Waals surface area contributed by atoms with Gasteiger partial charge in [-0.3, -0.25) is 0 Å². The third-order valence-electron chi connectivity index (χ3n) is 3.43. The first-order valence-electron chi connectivity index (χ1n) is 8.01. The van der Waals surface area contributed by atoms with Crippen molar-refractivity contribution in [2.24, 2.45) is 0 Å². The lowest BCUT2D eigenvalue weighted by Crippen LogP contribution is -2.40. The van der Waals surface area contributed by atoms with Gasteiger partial charge in [-0.2, -0.15) is 0 Å². The Kier molecular flexibility index (Phi) is 8.87. The van der Waals surface area contributed by atoms with Crippen molar-refractivity contribution in [1.82, 2.24) is 10.2 Å². The molecule has 0 spiro atoms. The highest BCUT2D eigenvalue weighted by atomic mass is 16.5. The Labute approximate surface area is 129 Å². The minimum Gasteiger partial charge on any atom is -0.490 e. The fraction of sp³-hybridized carbons (Fsp3) is 0.647. The second-order valence-corrected chi connectivity index (χ2v) is 5.07. The maximum atomic E-state index is 5.80.